The summed E-state index contributed by atoms with van der Waals surface area (Å²) in [5.41, 5.74) is 3.97. The Morgan fingerprint density at radius 2 is 1.64 bits per heavy atom. The number of para-hydroxylation sites is 1. The van der Waals surface area contributed by atoms with Crippen molar-refractivity contribution in [2.45, 2.75) is 13.3 Å². The Hall–Kier alpha value is -3.40. The first-order valence-corrected chi connectivity index (χ1v) is 9.43. The van der Waals surface area contributed by atoms with Crippen LogP contribution in [-0.4, -0.2) is 28.7 Å². The van der Waals surface area contributed by atoms with Gasteiger partial charge >= 0.3 is 0 Å². The van der Waals surface area contributed by atoms with Gasteiger partial charge in [0.2, 0.25) is 0 Å². The minimum Gasteiger partial charge on any atom is -0.507 e. The molecule has 0 radical (unpaired) electrons. The van der Waals surface area contributed by atoms with E-state index in [1.54, 1.807) is 12.1 Å². The van der Waals surface area contributed by atoms with E-state index in [1.807, 2.05) is 18.2 Å². The molecule has 0 aliphatic rings. The summed E-state index contributed by atoms with van der Waals surface area (Å²) in [7, 11) is 2.05. The van der Waals surface area contributed by atoms with Crippen LogP contribution in [0.3, 0.4) is 0 Å². The van der Waals surface area contributed by atoms with Crippen LogP contribution >= 0.6 is 0 Å². The molecule has 28 heavy (non-hydrogen) atoms. The van der Waals surface area contributed by atoms with Crippen molar-refractivity contribution in [3.8, 4) is 17.1 Å². The Bertz CT molecular complexity index is 1110. The van der Waals surface area contributed by atoms with Crippen molar-refractivity contribution in [2.75, 3.05) is 18.5 Å². The number of aromatic nitrogens is 2. The van der Waals surface area contributed by atoms with Crippen LogP contribution in [0.25, 0.3) is 22.3 Å². The van der Waals surface area contributed by atoms with Gasteiger partial charge in [-0.1, -0.05) is 48.5 Å². The van der Waals surface area contributed by atoms with Gasteiger partial charge in [-0.15, -0.1) is 0 Å². The van der Waals surface area contributed by atoms with Crippen molar-refractivity contribution < 1.29 is 5.11 Å². The van der Waals surface area contributed by atoms with Crippen LogP contribution in [0.4, 0.5) is 5.82 Å². The van der Waals surface area contributed by atoms with Crippen molar-refractivity contribution in [2.24, 2.45) is 0 Å². The van der Waals surface area contributed by atoms with E-state index in [2.05, 4.69) is 61.3 Å². The van der Waals surface area contributed by atoms with E-state index in [0.29, 0.717) is 11.4 Å². The highest BCUT2D eigenvalue weighted by atomic mass is 16.3. The second-order valence-electron chi connectivity index (χ2n) is 7.07. The summed E-state index contributed by atoms with van der Waals surface area (Å²) in [5.74, 6) is 1.60. The fourth-order valence-electron chi connectivity index (χ4n) is 3.34. The van der Waals surface area contributed by atoms with Crippen LogP contribution in [0.1, 0.15) is 11.1 Å². The van der Waals surface area contributed by atoms with Crippen molar-refractivity contribution in [1.29, 1.82) is 0 Å². The number of hydrogen-bond acceptors (Lipinski definition) is 4. The van der Waals surface area contributed by atoms with E-state index in [1.165, 1.54) is 5.56 Å². The number of likely N-dealkylation sites (N-methyl/N-ethyl adjacent to an activating group) is 1. The lowest BCUT2D eigenvalue weighted by molar-refractivity contribution is 0.477. The van der Waals surface area contributed by atoms with Crippen LogP contribution in [0.5, 0.6) is 5.75 Å². The van der Waals surface area contributed by atoms with E-state index in [9.17, 15) is 5.11 Å². The average molecular weight is 369 g/mol. The Balaban J connectivity index is 1.76. The fraction of sp³-hybridized carbons (Fsp3) is 0.167. The summed E-state index contributed by atoms with van der Waals surface area (Å²) < 4.78 is 0. The molecule has 0 fully saturated rings. The second-order valence-corrected chi connectivity index (χ2v) is 7.07. The molecule has 4 rings (SSSR count). The quantitative estimate of drug-likeness (QED) is 0.538. The van der Waals surface area contributed by atoms with Gasteiger partial charge in [-0.25, -0.2) is 9.97 Å². The molecule has 0 unspecified atom stereocenters. The molecular weight excluding hydrogens is 346 g/mol. The Morgan fingerprint density at radius 1 is 0.893 bits per heavy atom. The number of anilines is 1. The minimum absolute atomic E-state index is 0.187. The summed E-state index contributed by atoms with van der Waals surface area (Å²) in [4.78, 5) is 11.7. The van der Waals surface area contributed by atoms with Crippen molar-refractivity contribution in [3.05, 3.63) is 83.9 Å². The summed E-state index contributed by atoms with van der Waals surface area (Å²) in [6.07, 6.45) is 0.931. The van der Waals surface area contributed by atoms with Crippen LogP contribution in [0.15, 0.2) is 72.8 Å². The van der Waals surface area contributed by atoms with Gasteiger partial charge in [0.1, 0.15) is 11.6 Å². The van der Waals surface area contributed by atoms with Crippen LogP contribution in [-0.2, 0) is 6.42 Å². The average Bonchev–Trinajstić information content (AvgIpc) is 2.72. The van der Waals surface area contributed by atoms with E-state index >= 15 is 0 Å². The van der Waals surface area contributed by atoms with Gasteiger partial charge in [0, 0.05) is 19.0 Å². The largest absolute Gasteiger partial charge is 0.507 e. The SMILES string of the molecule is Cc1ccc2c(N(C)CCc3ccccc3)nc(-c3ccccc3O)nc2c1. The van der Waals surface area contributed by atoms with Gasteiger partial charge in [-0.2, -0.15) is 0 Å². The van der Waals surface area contributed by atoms with Crippen LogP contribution < -0.4 is 4.90 Å². The highest BCUT2D eigenvalue weighted by Gasteiger charge is 2.15. The molecule has 1 aromatic heterocycles. The van der Waals surface area contributed by atoms with Crippen LogP contribution in [0, 0.1) is 6.92 Å². The summed E-state index contributed by atoms with van der Waals surface area (Å²) in [6, 6.07) is 23.9. The van der Waals surface area contributed by atoms with E-state index in [-0.39, 0.29) is 5.75 Å². The van der Waals surface area contributed by atoms with Crippen molar-refractivity contribution >= 4 is 16.7 Å². The highest BCUT2D eigenvalue weighted by Crippen LogP contribution is 2.31. The molecule has 140 valence electrons. The van der Waals surface area contributed by atoms with Gasteiger partial charge < -0.3 is 10.0 Å². The first-order chi connectivity index (χ1) is 13.6. The zero-order valence-corrected chi connectivity index (χ0v) is 16.1. The number of hydrogen-bond donors (Lipinski definition) is 1. The smallest absolute Gasteiger partial charge is 0.165 e. The highest BCUT2D eigenvalue weighted by molar-refractivity contribution is 5.91. The van der Waals surface area contributed by atoms with Gasteiger partial charge in [0.25, 0.3) is 0 Å². The monoisotopic (exact) mass is 369 g/mol. The minimum atomic E-state index is 0.187. The Morgan fingerprint density at radius 3 is 2.43 bits per heavy atom. The number of phenols is 1. The molecule has 0 spiro atoms. The van der Waals surface area contributed by atoms with Gasteiger partial charge in [-0.3, -0.25) is 0 Å². The number of aromatic hydroxyl groups is 1. The standard InChI is InChI=1S/C24H23N3O/c1-17-12-13-19-21(16-17)25-23(20-10-6-7-11-22(20)28)26-24(19)27(2)15-14-18-8-4-3-5-9-18/h3-13,16,28H,14-15H2,1-2H3. The fourth-order valence-corrected chi connectivity index (χ4v) is 3.34. The van der Waals surface area contributed by atoms with E-state index < -0.39 is 0 Å². The molecular formula is C24H23N3O. The first kappa shape index (κ1) is 18.0. The maximum absolute atomic E-state index is 10.3. The third-order valence-corrected chi connectivity index (χ3v) is 4.92. The molecule has 0 aliphatic carbocycles. The topological polar surface area (TPSA) is 49.2 Å². The number of fused-ring (bicyclic) bond motifs is 1. The summed E-state index contributed by atoms with van der Waals surface area (Å²) in [5, 5.41) is 11.3. The predicted octanol–water partition coefficient (Wildman–Crippen LogP) is 4.99. The van der Waals surface area contributed by atoms with Crippen molar-refractivity contribution in [1.82, 2.24) is 9.97 Å². The lowest BCUT2D eigenvalue weighted by atomic mass is 10.1. The molecule has 0 amide bonds. The molecule has 4 aromatic rings. The lowest BCUT2D eigenvalue weighted by Gasteiger charge is -2.21. The molecule has 4 nitrogen and oxygen atoms in total. The number of rotatable bonds is 5. The Labute approximate surface area is 165 Å². The third kappa shape index (κ3) is 3.67. The van der Waals surface area contributed by atoms with Gasteiger partial charge in [0.15, 0.2) is 5.82 Å². The molecule has 0 bridgehead atoms. The number of phenolic OH excluding ortho intramolecular Hbond substituents is 1. The summed E-state index contributed by atoms with van der Waals surface area (Å²) >= 11 is 0. The lowest BCUT2D eigenvalue weighted by Crippen LogP contribution is -2.22. The van der Waals surface area contributed by atoms with Crippen molar-refractivity contribution in [3.63, 3.8) is 0 Å². The molecule has 0 saturated heterocycles. The molecule has 0 saturated carbocycles. The molecule has 0 aliphatic heterocycles. The number of aryl methyl sites for hydroxylation is 1. The van der Waals surface area contributed by atoms with Gasteiger partial charge in [-0.05, 0) is 48.7 Å². The van der Waals surface area contributed by atoms with E-state index in [4.69, 9.17) is 9.97 Å². The zero-order valence-electron chi connectivity index (χ0n) is 16.1. The summed E-state index contributed by atoms with van der Waals surface area (Å²) in [6.45, 7) is 2.89. The first-order valence-electron chi connectivity index (χ1n) is 9.43. The number of benzene rings is 3. The predicted molar refractivity (Wildman–Crippen MR) is 115 cm³/mol. The van der Waals surface area contributed by atoms with Gasteiger partial charge in [0.05, 0.1) is 11.1 Å². The zero-order chi connectivity index (χ0) is 19.5. The van der Waals surface area contributed by atoms with E-state index in [0.717, 1.165) is 35.2 Å². The maximum Gasteiger partial charge on any atom is 0.165 e. The maximum atomic E-state index is 10.3. The molecule has 3 aromatic carbocycles. The van der Waals surface area contributed by atoms with Crippen LogP contribution in [0.2, 0.25) is 0 Å². The number of nitrogens with zero attached hydrogens (tertiary/aromatic N) is 3. The Kier molecular flexibility index (Phi) is 4.94. The second kappa shape index (κ2) is 7.69. The molecule has 1 N–H and O–H groups in total. The third-order valence-electron chi connectivity index (χ3n) is 4.92. The molecule has 1 heterocycles. The molecule has 4 heteroatoms. The normalized spacial score (nSPS) is 10.9. The molecule has 0 atom stereocenters.